The number of morpholine rings is 1. The van der Waals surface area contributed by atoms with E-state index in [-0.39, 0.29) is 40.2 Å². The molecule has 1 aliphatic rings. The molecule has 1 amide bonds. The first-order valence-electron chi connectivity index (χ1n) is 9.72. The number of carbonyl (C=O) groups is 1. The van der Waals surface area contributed by atoms with Gasteiger partial charge in [0.15, 0.2) is 0 Å². The lowest BCUT2D eigenvalue weighted by Crippen LogP contribution is -2.47. The first-order valence-corrected chi connectivity index (χ1v) is 10.1. The topological polar surface area (TPSA) is 93.9 Å². The highest BCUT2D eigenvalue weighted by molar-refractivity contribution is 6.31. The van der Waals surface area contributed by atoms with E-state index in [9.17, 15) is 19.3 Å². The van der Waals surface area contributed by atoms with Crippen LogP contribution < -0.4 is 10.1 Å². The Hall–Kier alpha value is -2.75. The van der Waals surface area contributed by atoms with Gasteiger partial charge < -0.3 is 14.8 Å². The number of amides is 1. The molecule has 2 aromatic rings. The van der Waals surface area contributed by atoms with E-state index in [1.54, 1.807) is 6.07 Å². The number of non-ortho nitro benzene ring substituents is 1. The Kier molecular flexibility index (Phi) is 7.42. The smallest absolute Gasteiger partial charge is 0.270 e. The molecule has 166 valence electrons. The van der Waals surface area contributed by atoms with E-state index in [1.807, 2.05) is 11.8 Å². The summed E-state index contributed by atoms with van der Waals surface area (Å²) in [5.41, 5.74) is 0.0663. The van der Waals surface area contributed by atoms with Crippen LogP contribution in [0.25, 0.3) is 0 Å². The summed E-state index contributed by atoms with van der Waals surface area (Å²) in [4.78, 5) is 25.4. The second-order valence-corrected chi connectivity index (χ2v) is 7.59. The number of ether oxygens (including phenoxy) is 2. The lowest BCUT2D eigenvalue weighted by molar-refractivity contribution is -0.384. The van der Waals surface area contributed by atoms with Crippen LogP contribution in [0.1, 0.15) is 28.9 Å². The number of rotatable bonds is 7. The molecule has 0 saturated carbocycles. The van der Waals surface area contributed by atoms with Gasteiger partial charge in [-0.25, -0.2) is 4.39 Å². The molecule has 1 N–H and O–H groups in total. The largest absolute Gasteiger partial charge is 0.496 e. The third-order valence-electron chi connectivity index (χ3n) is 5.14. The number of nitro groups is 1. The minimum absolute atomic E-state index is 0.0189. The Labute approximate surface area is 184 Å². The maximum absolute atomic E-state index is 14.7. The van der Waals surface area contributed by atoms with Gasteiger partial charge in [0, 0.05) is 42.4 Å². The van der Waals surface area contributed by atoms with Crippen LogP contribution >= 0.6 is 11.6 Å². The van der Waals surface area contributed by atoms with Crippen LogP contribution in [0.15, 0.2) is 36.4 Å². The van der Waals surface area contributed by atoms with Gasteiger partial charge in [-0.2, -0.15) is 0 Å². The third kappa shape index (κ3) is 5.30. The summed E-state index contributed by atoms with van der Waals surface area (Å²) in [6.45, 7) is 3.49. The van der Waals surface area contributed by atoms with Gasteiger partial charge in [0.25, 0.3) is 11.6 Å². The molecule has 1 fully saturated rings. The predicted molar refractivity (Wildman–Crippen MR) is 113 cm³/mol. The zero-order chi connectivity index (χ0) is 22.5. The number of methoxy groups -OCH3 is 1. The van der Waals surface area contributed by atoms with Gasteiger partial charge >= 0.3 is 0 Å². The molecule has 1 heterocycles. The predicted octanol–water partition coefficient (Wildman–Crippen LogP) is 3.59. The van der Waals surface area contributed by atoms with E-state index in [0.29, 0.717) is 19.7 Å². The highest BCUT2D eigenvalue weighted by Crippen LogP contribution is 2.31. The molecule has 2 atom stereocenters. The molecule has 0 bridgehead atoms. The molecule has 1 aliphatic heterocycles. The summed E-state index contributed by atoms with van der Waals surface area (Å²) >= 11 is 6.31. The summed E-state index contributed by atoms with van der Waals surface area (Å²) in [6, 6.07) is 7.66. The highest BCUT2D eigenvalue weighted by atomic mass is 35.5. The maximum Gasteiger partial charge on any atom is 0.270 e. The molecule has 0 radical (unpaired) electrons. The van der Waals surface area contributed by atoms with Crippen molar-refractivity contribution < 1.29 is 23.6 Å². The monoisotopic (exact) mass is 451 g/mol. The molecule has 8 nitrogen and oxygen atoms in total. The summed E-state index contributed by atoms with van der Waals surface area (Å²) < 4.78 is 25.5. The Balaban J connectivity index is 1.88. The lowest BCUT2D eigenvalue weighted by atomic mass is 10.0. The molecule has 0 spiro atoms. The zero-order valence-corrected chi connectivity index (χ0v) is 17.9. The molecule has 10 heteroatoms. The standard InChI is InChI=1S/C21H23ClFN3O5/c1-13-12-25(8-9-31-13)18(20-16(22)4-3-5-17(20)23)11-24-21(27)15-10-14(26(28)29)6-7-19(15)30-2/h3-7,10,13,18H,8-9,11-12H2,1-2H3,(H,24,27). The van der Waals surface area contributed by atoms with Crippen molar-refractivity contribution in [3.63, 3.8) is 0 Å². The zero-order valence-electron chi connectivity index (χ0n) is 17.1. The third-order valence-corrected chi connectivity index (χ3v) is 5.47. The second-order valence-electron chi connectivity index (χ2n) is 7.18. The number of halogens is 2. The van der Waals surface area contributed by atoms with Crippen LogP contribution in [0, 0.1) is 15.9 Å². The van der Waals surface area contributed by atoms with Crippen LogP contribution in [0.3, 0.4) is 0 Å². The van der Waals surface area contributed by atoms with Gasteiger partial charge in [-0.1, -0.05) is 17.7 Å². The summed E-state index contributed by atoms with van der Waals surface area (Å²) in [5.74, 6) is -0.846. The Morgan fingerprint density at radius 2 is 2.23 bits per heavy atom. The molecule has 3 rings (SSSR count). The van der Waals surface area contributed by atoms with E-state index in [2.05, 4.69) is 5.32 Å². The number of benzene rings is 2. The summed E-state index contributed by atoms with van der Waals surface area (Å²) in [7, 11) is 1.37. The Morgan fingerprint density at radius 1 is 1.45 bits per heavy atom. The van der Waals surface area contributed by atoms with Gasteiger partial charge in [0.2, 0.25) is 0 Å². The van der Waals surface area contributed by atoms with Crippen LogP contribution in [-0.4, -0.2) is 55.2 Å². The first kappa shape index (κ1) is 22.9. The average Bonchev–Trinajstić information content (AvgIpc) is 2.75. The lowest BCUT2D eigenvalue weighted by Gasteiger charge is -2.38. The van der Waals surface area contributed by atoms with Gasteiger partial charge in [-0.15, -0.1) is 0 Å². The van der Waals surface area contributed by atoms with Crippen LogP contribution in [0.4, 0.5) is 10.1 Å². The molecule has 2 unspecified atom stereocenters. The molecule has 2 aromatic carbocycles. The number of hydrogen-bond donors (Lipinski definition) is 1. The van der Waals surface area contributed by atoms with Crippen LogP contribution in [-0.2, 0) is 4.74 Å². The van der Waals surface area contributed by atoms with Crippen molar-refractivity contribution in [2.45, 2.75) is 19.1 Å². The van der Waals surface area contributed by atoms with Crippen molar-refractivity contribution >= 4 is 23.2 Å². The molecular weight excluding hydrogens is 429 g/mol. The Morgan fingerprint density at radius 3 is 2.87 bits per heavy atom. The van der Waals surface area contributed by atoms with E-state index in [4.69, 9.17) is 21.1 Å². The van der Waals surface area contributed by atoms with Gasteiger partial charge in [0.1, 0.15) is 11.6 Å². The van der Waals surface area contributed by atoms with Crippen molar-refractivity contribution in [3.05, 3.63) is 68.5 Å². The van der Waals surface area contributed by atoms with Crippen molar-refractivity contribution in [3.8, 4) is 5.75 Å². The molecule has 1 saturated heterocycles. The number of nitrogens with zero attached hydrogens (tertiary/aromatic N) is 2. The van der Waals surface area contributed by atoms with Crippen molar-refractivity contribution in [1.82, 2.24) is 10.2 Å². The normalized spacial score (nSPS) is 17.7. The molecule has 0 aromatic heterocycles. The fourth-order valence-corrected chi connectivity index (χ4v) is 3.93. The fraction of sp³-hybridized carbons (Fsp3) is 0.381. The van der Waals surface area contributed by atoms with Crippen molar-refractivity contribution in [1.29, 1.82) is 0 Å². The minimum atomic E-state index is -0.590. The minimum Gasteiger partial charge on any atom is -0.496 e. The quantitative estimate of drug-likeness (QED) is 0.510. The number of nitrogens with one attached hydrogen (secondary N) is 1. The van der Waals surface area contributed by atoms with Crippen LogP contribution in [0.5, 0.6) is 5.75 Å². The first-order chi connectivity index (χ1) is 14.8. The van der Waals surface area contributed by atoms with Gasteiger partial charge in [-0.3, -0.25) is 19.8 Å². The molecular formula is C21H23ClFN3O5. The number of nitro benzene ring substituents is 1. The second kappa shape index (κ2) is 10.0. The number of hydrogen-bond acceptors (Lipinski definition) is 6. The van der Waals surface area contributed by atoms with E-state index in [1.165, 1.54) is 31.4 Å². The Bertz CT molecular complexity index is 954. The molecule has 0 aliphatic carbocycles. The van der Waals surface area contributed by atoms with E-state index in [0.717, 1.165) is 6.07 Å². The van der Waals surface area contributed by atoms with Crippen molar-refractivity contribution in [2.75, 3.05) is 33.4 Å². The van der Waals surface area contributed by atoms with E-state index < -0.39 is 22.7 Å². The highest BCUT2D eigenvalue weighted by Gasteiger charge is 2.30. The van der Waals surface area contributed by atoms with E-state index >= 15 is 0 Å². The summed E-state index contributed by atoms with van der Waals surface area (Å²) in [5, 5.41) is 14.1. The van der Waals surface area contributed by atoms with Crippen molar-refractivity contribution in [2.24, 2.45) is 0 Å². The van der Waals surface area contributed by atoms with Gasteiger partial charge in [-0.05, 0) is 25.1 Å². The average molecular weight is 452 g/mol. The van der Waals surface area contributed by atoms with Gasteiger partial charge in [0.05, 0.1) is 36.3 Å². The molecule has 31 heavy (non-hydrogen) atoms. The fourth-order valence-electron chi connectivity index (χ4n) is 3.64. The van der Waals surface area contributed by atoms with Crippen LogP contribution in [0.2, 0.25) is 5.02 Å². The summed E-state index contributed by atoms with van der Waals surface area (Å²) in [6.07, 6.45) is -0.0608. The maximum atomic E-state index is 14.7. The SMILES string of the molecule is COc1ccc([N+](=O)[O-])cc1C(=O)NCC(c1c(F)cccc1Cl)N1CCOC(C)C1. The number of carbonyl (C=O) groups excluding carboxylic acids is 1.